The summed E-state index contributed by atoms with van der Waals surface area (Å²) in [7, 11) is 1.74. The van der Waals surface area contributed by atoms with Crippen LogP contribution in [0.1, 0.15) is 17.6 Å². The van der Waals surface area contributed by atoms with Crippen LogP contribution in [-0.4, -0.2) is 40.5 Å². The van der Waals surface area contributed by atoms with Gasteiger partial charge in [-0.2, -0.15) is 5.10 Å². The quantitative estimate of drug-likeness (QED) is 0.921. The Labute approximate surface area is 132 Å². The van der Waals surface area contributed by atoms with E-state index in [1.54, 1.807) is 22.8 Å². The van der Waals surface area contributed by atoms with Gasteiger partial charge in [0, 0.05) is 19.8 Å². The molecule has 0 aromatic carbocycles. The molecule has 2 aromatic rings. The molecule has 1 fully saturated rings. The van der Waals surface area contributed by atoms with Crippen LogP contribution in [-0.2, 0) is 11.8 Å². The number of furan rings is 1. The summed E-state index contributed by atoms with van der Waals surface area (Å²) in [4.78, 5) is 14.2. The molecule has 1 aliphatic rings. The van der Waals surface area contributed by atoms with E-state index in [2.05, 4.69) is 10.4 Å². The molecule has 0 saturated carbocycles. The van der Waals surface area contributed by atoms with Crippen molar-refractivity contribution in [3.63, 3.8) is 0 Å². The van der Waals surface area contributed by atoms with Gasteiger partial charge in [-0.3, -0.25) is 4.68 Å². The molecule has 1 aliphatic heterocycles. The van der Waals surface area contributed by atoms with Crippen LogP contribution in [0.25, 0.3) is 0 Å². The second-order valence-electron chi connectivity index (χ2n) is 5.17. The van der Waals surface area contributed by atoms with E-state index in [0.29, 0.717) is 31.2 Å². The summed E-state index contributed by atoms with van der Waals surface area (Å²) in [5.41, 5.74) is 0.482. The lowest BCUT2D eigenvalue weighted by molar-refractivity contribution is 0.00710. The highest BCUT2D eigenvalue weighted by Gasteiger charge is 2.31. The number of aryl methyl sites for hydroxylation is 2. The third-order valence-electron chi connectivity index (χ3n) is 3.50. The molecule has 0 aliphatic carbocycles. The minimum absolute atomic E-state index is 0.252. The van der Waals surface area contributed by atoms with Crippen LogP contribution in [0.15, 0.2) is 22.7 Å². The lowest BCUT2D eigenvalue weighted by Crippen LogP contribution is -2.45. The van der Waals surface area contributed by atoms with Gasteiger partial charge in [-0.1, -0.05) is 11.6 Å². The maximum Gasteiger partial charge on any atom is 0.322 e. The van der Waals surface area contributed by atoms with Crippen LogP contribution in [0, 0.1) is 6.92 Å². The molecular formula is C14H17ClN4O3. The van der Waals surface area contributed by atoms with Crippen LogP contribution in [0.3, 0.4) is 0 Å². The van der Waals surface area contributed by atoms with Gasteiger partial charge >= 0.3 is 6.03 Å². The van der Waals surface area contributed by atoms with E-state index in [1.807, 2.05) is 19.1 Å². The lowest BCUT2D eigenvalue weighted by atomic mass is 10.2. The van der Waals surface area contributed by atoms with Crippen molar-refractivity contribution in [1.82, 2.24) is 14.7 Å². The molecule has 1 saturated heterocycles. The standard InChI is InChI=1S/C14H17ClN4O3/c1-9-3-4-12(22-9)11-8-21-6-5-19(11)14(20)16-10-7-18(2)17-13(10)15/h3-4,7,11H,5-6,8H2,1-2H3,(H,16,20). The molecule has 118 valence electrons. The summed E-state index contributed by atoms with van der Waals surface area (Å²) in [6.07, 6.45) is 1.66. The predicted octanol–water partition coefficient (Wildman–Crippen LogP) is 2.58. The first-order valence-electron chi connectivity index (χ1n) is 6.95. The fraction of sp³-hybridized carbons (Fsp3) is 0.429. The topological polar surface area (TPSA) is 72.5 Å². The highest BCUT2D eigenvalue weighted by Crippen LogP contribution is 2.27. The molecule has 2 aromatic heterocycles. The Kier molecular flexibility index (Phi) is 4.08. The monoisotopic (exact) mass is 324 g/mol. The second kappa shape index (κ2) is 6.02. The van der Waals surface area contributed by atoms with E-state index in [1.165, 1.54) is 0 Å². The number of nitrogens with zero attached hydrogens (tertiary/aromatic N) is 3. The molecule has 3 heterocycles. The van der Waals surface area contributed by atoms with Gasteiger partial charge < -0.3 is 19.4 Å². The molecule has 2 amide bonds. The van der Waals surface area contributed by atoms with E-state index >= 15 is 0 Å². The smallest absolute Gasteiger partial charge is 0.322 e. The normalized spacial score (nSPS) is 18.5. The highest BCUT2D eigenvalue weighted by molar-refractivity contribution is 6.32. The number of aromatic nitrogens is 2. The first-order chi connectivity index (χ1) is 10.5. The molecule has 1 unspecified atom stereocenters. The van der Waals surface area contributed by atoms with E-state index in [4.69, 9.17) is 20.8 Å². The Hall–Kier alpha value is -1.99. The Morgan fingerprint density at radius 2 is 2.32 bits per heavy atom. The summed E-state index contributed by atoms with van der Waals surface area (Å²) < 4.78 is 12.7. The van der Waals surface area contributed by atoms with Crippen LogP contribution in [0.2, 0.25) is 5.15 Å². The number of halogens is 1. The van der Waals surface area contributed by atoms with Gasteiger partial charge in [-0.05, 0) is 19.1 Å². The fourth-order valence-electron chi connectivity index (χ4n) is 2.45. The maximum atomic E-state index is 12.5. The number of rotatable bonds is 2. The van der Waals surface area contributed by atoms with Crippen molar-refractivity contribution >= 4 is 23.3 Å². The molecule has 7 nitrogen and oxygen atoms in total. The summed E-state index contributed by atoms with van der Waals surface area (Å²) in [6.45, 7) is 3.24. The largest absolute Gasteiger partial charge is 0.464 e. The summed E-state index contributed by atoms with van der Waals surface area (Å²) in [5.74, 6) is 1.51. The third-order valence-corrected chi connectivity index (χ3v) is 3.78. The van der Waals surface area contributed by atoms with Crippen molar-refractivity contribution in [2.24, 2.45) is 7.05 Å². The number of amides is 2. The Morgan fingerprint density at radius 1 is 1.50 bits per heavy atom. The number of urea groups is 1. The molecular weight excluding hydrogens is 308 g/mol. The first-order valence-corrected chi connectivity index (χ1v) is 7.33. The third kappa shape index (κ3) is 2.95. The van der Waals surface area contributed by atoms with Crippen LogP contribution >= 0.6 is 11.6 Å². The van der Waals surface area contributed by atoms with Crippen LogP contribution in [0.5, 0.6) is 0 Å². The Bertz CT molecular complexity index is 681. The number of hydrogen-bond donors (Lipinski definition) is 1. The predicted molar refractivity (Wildman–Crippen MR) is 80.9 cm³/mol. The zero-order chi connectivity index (χ0) is 15.7. The zero-order valence-electron chi connectivity index (χ0n) is 12.4. The van der Waals surface area contributed by atoms with Gasteiger partial charge in [0.15, 0.2) is 5.15 Å². The number of carbonyl (C=O) groups excluding carboxylic acids is 1. The number of anilines is 1. The van der Waals surface area contributed by atoms with E-state index < -0.39 is 0 Å². The van der Waals surface area contributed by atoms with Crippen LogP contribution in [0.4, 0.5) is 10.5 Å². The molecule has 1 atom stereocenters. The zero-order valence-corrected chi connectivity index (χ0v) is 13.1. The second-order valence-corrected chi connectivity index (χ2v) is 5.53. The van der Waals surface area contributed by atoms with Gasteiger partial charge in [0.05, 0.1) is 13.2 Å². The van der Waals surface area contributed by atoms with Crippen molar-refractivity contribution < 1.29 is 13.9 Å². The number of carbonyl (C=O) groups is 1. The SMILES string of the molecule is Cc1ccc(C2COCCN2C(=O)Nc2cn(C)nc2Cl)o1. The average Bonchev–Trinajstić information content (AvgIpc) is 3.05. The highest BCUT2D eigenvalue weighted by atomic mass is 35.5. The molecule has 0 bridgehead atoms. The number of hydrogen-bond acceptors (Lipinski definition) is 4. The van der Waals surface area contributed by atoms with Crippen molar-refractivity contribution in [3.8, 4) is 0 Å². The number of nitrogens with one attached hydrogen (secondary N) is 1. The minimum Gasteiger partial charge on any atom is -0.464 e. The maximum absolute atomic E-state index is 12.5. The van der Waals surface area contributed by atoms with Gasteiger partial charge in [0.25, 0.3) is 0 Å². The average molecular weight is 325 g/mol. The molecule has 0 spiro atoms. The van der Waals surface area contributed by atoms with E-state index in [9.17, 15) is 4.79 Å². The molecule has 8 heteroatoms. The fourth-order valence-corrected chi connectivity index (χ4v) is 2.66. The van der Waals surface area contributed by atoms with E-state index in [-0.39, 0.29) is 17.2 Å². The van der Waals surface area contributed by atoms with Gasteiger partial charge in [0.1, 0.15) is 23.2 Å². The molecule has 3 rings (SSSR count). The van der Waals surface area contributed by atoms with Crippen LogP contribution < -0.4 is 5.32 Å². The minimum atomic E-state index is -0.253. The number of morpholine rings is 1. The van der Waals surface area contributed by atoms with Crippen molar-refractivity contribution in [1.29, 1.82) is 0 Å². The Balaban J connectivity index is 1.78. The molecule has 0 radical (unpaired) electrons. The summed E-state index contributed by atoms with van der Waals surface area (Å²) >= 11 is 5.98. The molecule has 1 N–H and O–H groups in total. The van der Waals surface area contributed by atoms with Crippen molar-refractivity contribution in [2.75, 3.05) is 25.1 Å². The first kappa shape index (κ1) is 14.9. The molecule has 22 heavy (non-hydrogen) atoms. The van der Waals surface area contributed by atoms with Crippen molar-refractivity contribution in [2.45, 2.75) is 13.0 Å². The lowest BCUT2D eigenvalue weighted by Gasteiger charge is -2.34. The van der Waals surface area contributed by atoms with Gasteiger partial charge in [0.2, 0.25) is 0 Å². The van der Waals surface area contributed by atoms with Crippen molar-refractivity contribution in [3.05, 3.63) is 35.0 Å². The summed E-state index contributed by atoms with van der Waals surface area (Å²) in [6, 6.07) is 3.24. The number of ether oxygens (including phenoxy) is 1. The van der Waals surface area contributed by atoms with Gasteiger partial charge in [-0.15, -0.1) is 0 Å². The summed E-state index contributed by atoms with van der Waals surface area (Å²) in [5, 5.41) is 7.04. The Morgan fingerprint density at radius 3 is 2.95 bits per heavy atom. The van der Waals surface area contributed by atoms with E-state index in [0.717, 1.165) is 5.76 Å². The van der Waals surface area contributed by atoms with Gasteiger partial charge in [-0.25, -0.2) is 4.79 Å².